The molecule has 7 heteroatoms. The van der Waals surface area contributed by atoms with Crippen LogP contribution in [0, 0.1) is 0 Å². The third-order valence-corrected chi connectivity index (χ3v) is 3.00. The highest BCUT2D eigenvalue weighted by atomic mass is 79.9. The summed E-state index contributed by atoms with van der Waals surface area (Å²) in [7, 11) is 0. The number of aromatic nitrogens is 1. The van der Waals surface area contributed by atoms with Crippen molar-refractivity contribution in [1.29, 1.82) is 0 Å². The highest BCUT2D eigenvalue weighted by molar-refractivity contribution is 9.11. The van der Waals surface area contributed by atoms with Gasteiger partial charge in [-0.25, -0.2) is 13.8 Å². The van der Waals surface area contributed by atoms with Crippen LogP contribution in [0.5, 0.6) is 0 Å². The zero-order valence-corrected chi connectivity index (χ0v) is 12.0. The summed E-state index contributed by atoms with van der Waals surface area (Å²) in [6.07, 6.45) is -2.90. The van der Waals surface area contributed by atoms with Gasteiger partial charge < -0.3 is 4.74 Å². The van der Waals surface area contributed by atoms with Gasteiger partial charge in [-0.3, -0.25) is 4.79 Å². The lowest BCUT2D eigenvalue weighted by Crippen LogP contribution is -2.11. The SMILES string of the molecule is CCOC(=O)Cc1c(C(F)F)cc(Br)nc1Br. The number of rotatable bonds is 4. The first-order valence-corrected chi connectivity index (χ1v) is 6.32. The number of pyridine rings is 1. The van der Waals surface area contributed by atoms with Crippen LogP contribution < -0.4 is 0 Å². The molecule has 0 aromatic carbocycles. The van der Waals surface area contributed by atoms with E-state index < -0.39 is 12.4 Å². The molecular weight excluding hydrogens is 364 g/mol. The first-order valence-electron chi connectivity index (χ1n) is 4.74. The first-order chi connectivity index (χ1) is 7.95. The van der Waals surface area contributed by atoms with Gasteiger partial charge in [-0.15, -0.1) is 0 Å². The molecule has 1 aromatic rings. The van der Waals surface area contributed by atoms with Crippen LogP contribution in [0.3, 0.4) is 0 Å². The molecule has 0 saturated heterocycles. The van der Waals surface area contributed by atoms with Crippen molar-refractivity contribution >= 4 is 37.8 Å². The van der Waals surface area contributed by atoms with Crippen molar-refractivity contribution in [3.05, 3.63) is 26.4 Å². The van der Waals surface area contributed by atoms with Crippen molar-refractivity contribution in [2.75, 3.05) is 6.61 Å². The van der Waals surface area contributed by atoms with E-state index in [2.05, 4.69) is 36.8 Å². The fourth-order valence-electron chi connectivity index (χ4n) is 1.25. The molecule has 1 heterocycles. The molecule has 0 amide bonds. The van der Waals surface area contributed by atoms with Crippen LogP contribution in [0.25, 0.3) is 0 Å². The predicted molar refractivity (Wildman–Crippen MR) is 64.9 cm³/mol. The van der Waals surface area contributed by atoms with Gasteiger partial charge in [0.1, 0.15) is 9.21 Å². The summed E-state index contributed by atoms with van der Waals surface area (Å²) >= 11 is 6.09. The number of esters is 1. The molecule has 0 radical (unpaired) electrons. The van der Waals surface area contributed by atoms with Crippen molar-refractivity contribution < 1.29 is 18.3 Å². The topological polar surface area (TPSA) is 39.2 Å². The fraction of sp³-hybridized carbons (Fsp3) is 0.400. The number of hydrogen-bond donors (Lipinski definition) is 0. The predicted octanol–water partition coefficient (Wildman–Crippen LogP) is 3.65. The molecule has 0 fully saturated rings. The molecule has 0 bridgehead atoms. The average molecular weight is 373 g/mol. The van der Waals surface area contributed by atoms with Crippen molar-refractivity contribution in [2.24, 2.45) is 0 Å². The molecule has 3 nitrogen and oxygen atoms in total. The highest BCUT2D eigenvalue weighted by Crippen LogP contribution is 2.30. The number of carbonyl (C=O) groups excluding carboxylic acids is 1. The second-order valence-electron chi connectivity index (χ2n) is 3.09. The standard InChI is InChI=1S/C10H9Br2F2NO2/c1-2-17-8(16)4-5-6(10(13)14)3-7(11)15-9(5)12/h3,10H,2,4H2,1H3. The lowest BCUT2D eigenvalue weighted by molar-refractivity contribution is -0.142. The molecule has 0 saturated carbocycles. The van der Waals surface area contributed by atoms with Crippen molar-refractivity contribution in [1.82, 2.24) is 4.98 Å². The number of ether oxygens (including phenoxy) is 1. The maximum atomic E-state index is 12.8. The molecule has 0 aliphatic heterocycles. The van der Waals surface area contributed by atoms with E-state index >= 15 is 0 Å². The summed E-state index contributed by atoms with van der Waals surface area (Å²) in [4.78, 5) is 15.2. The van der Waals surface area contributed by atoms with E-state index in [0.717, 1.165) is 0 Å². The molecule has 0 aliphatic rings. The van der Waals surface area contributed by atoms with Gasteiger partial charge >= 0.3 is 5.97 Å². The van der Waals surface area contributed by atoms with E-state index in [9.17, 15) is 13.6 Å². The third kappa shape index (κ3) is 3.99. The van der Waals surface area contributed by atoms with Gasteiger partial charge in [-0.1, -0.05) is 0 Å². The summed E-state index contributed by atoms with van der Waals surface area (Å²) in [5.41, 5.74) is -0.0755. The molecule has 0 atom stereocenters. The number of hydrogen-bond acceptors (Lipinski definition) is 3. The Kier molecular flexibility index (Phi) is 5.45. The molecule has 17 heavy (non-hydrogen) atoms. The summed E-state index contributed by atoms with van der Waals surface area (Å²) in [5.74, 6) is -0.556. The highest BCUT2D eigenvalue weighted by Gasteiger charge is 2.20. The molecule has 0 spiro atoms. The van der Waals surface area contributed by atoms with Gasteiger partial charge in [0.15, 0.2) is 0 Å². The smallest absolute Gasteiger partial charge is 0.310 e. The minimum absolute atomic E-state index is 0.154. The van der Waals surface area contributed by atoms with Crippen molar-refractivity contribution in [2.45, 2.75) is 19.8 Å². The molecule has 0 N–H and O–H groups in total. The zero-order chi connectivity index (χ0) is 13.0. The van der Waals surface area contributed by atoms with E-state index in [4.69, 9.17) is 4.74 Å². The lowest BCUT2D eigenvalue weighted by atomic mass is 10.1. The normalized spacial score (nSPS) is 10.7. The Morgan fingerprint density at radius 3 is 2.71 bits per heavy atom. The molecular formula is C10H9Br2F2NO2. The maximum absolute atomic E-state index is 12.8. The van der Waals surface area contributed by atoms with Gasteiger partial charge in [0.2, 0.25) is 0 Å². The summed E-state index contributed by atoms with van der Waals surface area (Å²) in [6, 6.07) is 1.20. The molecule has 94 valence electrons. The minimum atomic E-state index is -2.67. The summed E-state index contributed by atoms with van der Waals surface area (Å²) in [5, 5.41) is 0. The van der Waals surface area contributed by atoms with Gasteiger partial charge in [0, 0.05) is 11.1 Å². The van der Waals surface area contributed by atoms with Crippen LogP contribution in [-0.4, -0.2) is 17.6 Å². The van der Waals surface area contributed by atoms with Crippen LogP contribution in [0.2, 0.25) is 0 Å². The Morgan fingerprint density at radius 1 is 1.53 bits per heavy atom. The van der Waals surface area contributed by atoms with Crippen LogP contribution >= 0.6 is 31.9 Å². The molecule has 0 aliphatic carbocycles. The van der Waals surface area contributed by atoms with Crippen molar-refractivity contribution in [3.8, 4) is 0 Å². The van der Waals surface area contributed by atoms with Crippen LogP contribution in [0.1, 0.15) is 24.5 Å². The van der Waals surface area contributed by atoms with Crippen LogP contribution in [-0.2, 0) is 16.0 Å². The number of carbonyl (C=O) groups is 1. The van der Waals surface area contributed by atoms with Gasteiger partial charge in [0.25, 0.3) is 6.43 Å². The fourth-order valence-corrected chi connectivity index (χ4v) is 2.48. The number of halogens is 4. The Bertz CT molecular complexity index is 427. The average Bonchev–Trinajstić information content (AvgIpc) is 2.21. The minimum Gasteiger partial charge on any atom is -0.466 e. The van der Waals surface area contributed by atoms with E-state index in [0.29, 0.717) is 0 Å². The number of alkyl halides is 2. The van der Waals surface area contributed by atoms with Crippen LogP contribution in [0.4, 0.5) is 8.78 Å². The third-order valence-electron chi connectivity index (χ3n) is 1.94. The Morgan fingerprint density at radius 2 is 2.18 bits per heavy atom. The number of nitrogens with zero attached hydrogens (tertiary/aromatic N) is 1. The molecule has 1 aromatic heterocycles. The first kappa shape index (κ1) is 14.5. The second kappa shape index (κ2) is 6.39. The van der Waals surface area contributed by atoms with Gasteiger partial charge in [-0.2, -0.15) is 0 Å². The van der Waals surface area contributed by atoms with E-state index in [-0.39, 0.29) is 33.4 Å². The van der Waals surface area contributed by atoms with Gasteiger partial charge in [0.05, 0.1) is 13.0 Å². The monoisotopic (exact) mass is 371 g/mol. The summed E-state index contributed by atoms with van der Waals surface area (Å²) < 4.78 is 30.8. The largest absolute Gasteiger partial charge is 0.466 e. The quantitative estimate of drug-likeness (QED) is 0.598. The zero-order valence-electron chi connectivity index (χ0n) is 8.84. The summed E-state index contributed by atoms with van der Waals surface area (Å²) in [6.45, 7) is 1.87. The maximum Gasteiger partial charge on any atom is 0.310 e. The Labute approximate surface area is 114 Å². The molecule has 1 rings (SSSR count). The Hall–Kier alpha value is -0.560. The van der Waals surface area contributed by atoms with Crippen LogP contribution in [0.15, 0.2) is 15.3 Å². The Balaban J connectivity index is 3.08. The second-order valence-corrected chi connectivity index (χ2v) is 4.65. The molecule has 0 unspecified atom stereocenters. The van der Waals surface area contributed by atoms with E-state index in [1.807, 2.05) is 0 Å². The lowest BCUT2D eigenvalue weighted by Gasteiger charge is -2.10. The van der Waals surface area contributed by atoms with Crippen molar-refractivity contribution in [3.63, 3.8) is 0 Å². The van der Waals surface area contributed by atoms with E-state index in [1.165, 1.54) is 6.07 Å². The van der Waals surface area contributed by atoms with Gasteiger partial charge in [-0.05, 0) is 44.8 Å². The van der Waals surface area contributed by atoms with E-state index in [1.54, 1.807) is 6.92 Å².